The van der Waals surface area contributed by atoms with E-state index < -0.39 is 8.56 Å². The van der Waals surface area contributed by atoms with Crippen molar-refractivity contribution >= 4 is 8.56 Å². The Hall–Kier alpha value is -0.163. The Morgan fingerprint density at radius 2 is 0.889 bits per heavy atom. The fourth-order valence-electron chi connectivity index (χ4n) is 4.13. The molecule has 0 aromatic carbocycles. The summed E-state index contributed by atoms with van der Waals surface area (Å²) in [6, 6.07) is 0. The summed E-state index contributed by atoms with van der Waals surface area (Å²) in [6.45, 7) is 12.2. The van der Waals surface area contributed by atoms with Crippen molar-refractivity contribution in [3.8, 4) is 0 Å². The highest BCUT2D eigenvalue weighted by Gasteiger charge is 2.50. The van der Waals surface area contributed by atoms with Gasteiger partial charge >= 0.3 is 8.56 Å². The smallest absolute Gasteiger partial charge is 0.296 e. The van der Waals surface area contributed by atoms with Crippen molar-refractivity contribution in [2.24, 2.45) is 0 Å². The van der Waals surface area contributed by atoms with Gasteiger partial charge in [-0.3, -0.25) is 13.7 Å². The average Bonchev–Trinajstić information content (AvgIpc) is 3.16. The Balaban J connectivity index is 1.89. The summed E-state index contributed by atoms with van der Waals surface area (Å²) in [7, 11) is -1.71. The average molecular weight is 265 g/mol. The van der Waals surface area contributed by atoms with E-state index in [0.29, 0.717) is 0 Å². The molecule has 0 aromatic heterocycles. The van der Waals surface area contributed by atoms with Crippen molar-refractivity contribution in [2.75, 3.05) is 39.3 Å². The predicted octanol–water partition coefficient (Wildman–Crippen LogP) is 1.94. The molecule has 102 valence electrons. The Morgan fingerprint density at radius 1 is 0.611 bits per heavy atom. The van der Waals surface area contributed by atoms with Gasteiger partial charge < -0.3 is 0 Å². The van der Waals surface area contributed by atoms with Crippen LogP contribution in [0.5, 0.6) is 0 Å². The Bertz CT molecular complexity index is 249. The lowest BCUT2D eigenvalue weighted by atomic mass is 10.4. The highest BCUT2D eigenvalue weighted by atomic mass is 28.4. The van der Waals surface area contributed by atoms with E-state index in [1.54, 1.807) is 0 Å². The molecule has 3 aliphatic rings. The molecule has 3 heterocycles. The van der Waals surface area contributed by atoms with Gasteiger partial charge in [0.2, 0.25) is 0 Å². The first-order chi connectivity index (χ1) is 8.88. The van der Waals surface area contributed by atoms with Crippen LogP contribution in [-0.4, -0.2) is 61.5 Å². The Morgan fingerprint density at radius 3 is 1.11 bits per heavy atom. The Labute approximate surface area is 113 Å². The van der Waals surface area contributed by atoms with E-state index in [1.807, 2.05) is 0 Å². The minimum absolute atomic E-state index is 1.31. The zero-order valence-corrected chi connectivity index (χ0v) is 12.6. The third-order valence-electron chi connectivity index (χ3n) is 4.99. The molecular formula is C14H27N3Si. The van der Waals surface area contributed by atoms with Crippen molar-refractivity contribution in [2.45, 2.75) is 38.5 Å². The molecule has 0 aromatic rings. The van der Waals surface area contributed by atoms with Crippen molar-refractivity contribution < 1.29 is 0 Å². The summed E-state index contributed by atoms with van der Waals surface area (Å²) in [5.74, 6) is 0. The summed E-state index contributed by atoms with van der Waals surface area (Å²) in [5, 5.41) is 0. The van der Waals surface area contributed by atoms with E-state index in [9.17, 15) is 0 Å². The van der Waals surface area contributed by atoms with Crippen molar-refractivity contribution in [1.29, 1.82) is 0 Å². The maximum Gasteiger partial charge on any atom is 0.315 e. The normalized spacial score (nSPS) is 28.2. The molecule has 3 fully saturated rings. The van der Waals surface area contributed by atoms with E-state index in [4.69, 9.17) is 0 Å². The van der Waals surface area contributed by atoms with Crippen LogP contribution in [-0.2, 0) is 0 Å². The second kappa shape index (κ2) is 5.45. The molecule has 18 heavy (non-hydrogen) atoms. The molecule has 3 rings (SSSR count). The molecule has 0 unspecified atom stereocenters. The van der Waals surface area contributed by atoms with Crippen LogP contribution >= 0.6 is 0 Å². The fraction of sp³-hybridized carbons (Fsp3) is 0.857. The van der Waals surface area contributed by atoms with Crippen LogP contribution in [0.2, 0.25) is 0 Å². The van der Waals surface area contributed by atoms with E-state index in [2.05, 4.69) is 26.0 Å². The van der Waals surface area contributed by atoms with Crippen LogP contribution in [0.1, 0.15) is 38.5 Å². The molecule has 3 aliphatic heterocycles. The topological polar surface area (TPSA) is 9.72 Å². The van der Waals surface area contributed by atoms with Crippen LogP contribution in [0.4, 0.5) is 0 Å². The SMILES string of the molecule is C=C[Si](N1CCCC1)(N1CCCC1)N1CCCC1. The lowest BCUT2D eigenvalue weighted by molar-refractivity contribution is 0.313. The first-order valence-electron chi connectivity index (χ1n) is 7.77. The van der Waals surface area contributed by atoms with Gasteiger partial charge in [0.25, 0.3) is 0 Å². The van der Waals surface area contributed by atoms with Gasteiger partial charge in [-0.1, -0.05) is 5.70 Å². The van der Waals surface area contributed by atoms with Crippen molar-refractivity contribution in [3.63, 3.8) is 0 Å². The van der Waals surface area contributed by atoms with Crippen LogP contribution in [0, 0.1) is 0 Å². The quantitative estimate of drug-likeness (QED) is 0.719. The molecular weight excluding hydrogens is 238 g/mol. The fourth-order valence-corrected chi connectivity index (χ4v) is 9.02. The number of hydrogen-bond donors (Lipinski definition) is 0. The molecule has 0 aliphatic carbocycles. The molecule has 0 spiro atoms. The Kier molecular flexibility index (Phi) is 3.89. The second-order valence-electron chi connectivity index (χ2n) is 5.97. The number of nitrogens with zero attached hydrogens (tertiary/aromatic N) is 3. The van der Waals surface area contributed by atoms with E-state index in [-0.39, 0.29) is 0 Å². The van der Waals surface area contributed by atoms with Gasteiger partial charge in [0.05, 0.1) is 0 Å². The van der Waals surface area contributed by atoms with Crippen molar-refractivity contribution in [3.05, 3.63) is 12.3 Å². The van der Waals surface area contributed by atoms with Crippen LogP contribution < -0.4 is 0 Å². The van der Waals surface area contributed by atoms with E-state index in [1.165, 1.54) is 77.8 Å². The van der Waals surface area contributed by atoms with E-state index in [0.717, 1.165) is 0 Å². The zero-order valence-electron chi connectivity index (χ0n) is 11.6. The van der Waals surface area contributed by atoms with Gasteiger partial charge in [0, 0.05) is 0 Å². The molecule has 0 atom stereocenters. The summed E-state index contributed by atoms with van der Waals surface area (Å²) >= 11 is 0. The number of rotatable bonds is 4. The first-order valence-corrected chi connectivity index (χ1v) is 9.68. The summed E-state index contributed by atoms with van der Waals surface area (Å²) < 4.78 is 8.49. The summed E-state index contributed by atoms with van der Waals surface area (Å²) in [5.41, 5.74) is 2.38. The summed E-state index contributed by atoms with van der Waals surface area (Å²) in [4.78, 5) is 0. The lowest BCUT2D eigenvalue weighted by Crippen LogP contribution is -2.72. The van der Waals surface area contributed by atoms with Crippen LogP contribution in [0.25, 0.3) is 0 Å². The standard InChI is InChI=1S/C14H27N3Si/c1-2-18(15-9-3-4-10-15,16-11-5-6-12-16)17-13-7-8-14-17/h2H,1,3-14H2. The minimum atomic E-state index is -1.71. The lowest BCUT2D eigenvalue weighted by Gasteiger charge is -2.48. The van der Waals surface area contributed by atoms with Crippen molar-refractivity contribution in [1.82, 2.24) is 13.7 Å². The maximum atomic E-state index is 4.30. The maximum absolute atomic E-state index is 4.30. The largest absolute Gasteiger partial charge is 0.315 e. The molecule has 3 saturated heterocycles. The van der Waals surface area contributed by atoms with Gasteiger partial charge in [-0.25, -0.2) is 0 Å². The highest BCUT2D eigenvalue weighted by Crippen LogP contribution is 2.31. The van der Waals surface area contributed by atoms with Crippen LogP contribution in [0.15, 0.2) is 12.3 Å². The van der Waals surface area contributed by atoms with Crippen LogP contribution in [0.3, 0.4) is 0 Å². The van der Waals surface area contributed by atoms with Gasteiger partial charge in [-0.05, 0) is 77.8 Å². The monoisotopic (exact) mass is 265 g/mol. The molecule has 0 amide bonds. The zero-order chi connectivity index (χ0) is 12.4. The molecule has 0 bridgehead atoms. The predicted molar refractivity (Wildman–Crippen MR) is 78.4 cm³/mol. The third-order valence-corrected chi connectivity index (χ3v) is 9.67. The van der Waals surface area contributed by atoms with Gasteiger partial charge in [0.1, 0.15) is 0 Å². The second-order valence-corrected chi connectivity index (χ2v) is 9.65. The molecule has 0 radical (unpaired) electrons. The highest BCUT2D eigenvalue weighted by molar-refractivity contribution is 6.76. The van der Waals surface area contributed by atoms with Gasteiger partial charge in [-0.15, -0.1) is 6.58 Å². The first kappa shape index (κ1) is 12.8. The van der Waals surface area contributed by atoms with E-state index >= 15 is 0 Å². The molecule has 4 heteroatoms. The van der Waals surface area contributed by atoms with Gasteiger partial charge in [-0.2, -0.15) is 0 Å². The number of hydrogen-bond acceptors (Lipinski definition) is 3. The molecule has 0 saturated carbocycles. The third kappa shape index (κ3) is 1.99. The van der Waals surface area contributed by atoms with Gasteiger partial charge in [0.15, 0.2) is 0 Å². The molecule has 3 nitrogen and oxygen atoms in total. The molecule has 0 N–H and O–H groups in total. The minimum Gasteiger partial charge on any atom is -0.296 e. The summed E-state index contributed by atoms with van der Waals surface area (Å²) in [6.07, 6.45) is 8.36.